The number of nitrogens with zero attached hydrogens (tertiary/aromatic N) is 1. The third kappa shape index (κ3) is 5.39. The van der Waals surface area contributed by atoms with Crippen LogP contribution in [-0.4, -0.2) is 54.8 Å². The first-order valence-corrected chi connectivity index (χ1v) is 10.8. The van der Waals surface area contributed by atoms with E-state index >= 15 is 0 Å². The van der Waals surface area contributed by atoms with Crippen molar-refractivity contribution in [3.63, 3.8) is 0 Å². The molecule has 0 fully saturated rings. The van der Waals surface area contributed by atoms with Gasteiger partial charge in [-0.25, -0.2) is 0 Å². The lowest BCUT2D eigenvalue weighted by Crippen LogP contribution is -2.36. The van der Waals surface area contributed by atoms with Gasteiger partial charge in [0, 0.05) is 16.9 Å². The van der Waals surface area contributed by atoms with E-state index in [4.69, 9.17) is 9.47 Å². The second-order valence-corrected chi connectivity index (χ2v) is 7.71. The predicted molar refractivity (Wildman–Crippen MR) is 129 cm³/mol. The number of benzene rings is 3. The Morgan fingerprint density at radius 2 is 1.33 bits per heavy atom. The van der Waals surface area contributed by atoms with Gasteiger partial charge >= 0.3 is 5.97 Å². The van der Waals surface area contributed by atoms with Crippen LogP contribution in [0.2, 0.25) is 0 Å². The number of carbonyl (C=O) groups excluding carboxylic acids is 5. The van der Waals surface area contributed by atoms with E-state index < -0.39 is 36.8 Å². The van der Waals surface area contributed by atoms with Gasteiger partial charge in [-0.1, -0.05) is 12.1 Å². The summed E-state index contributed by atoms with van der Waals surface area (Å²) >= 11 is 0. The second kappa shape index (κ2) is 10.5. The maximum atomic E-state index is 12.4. The molecule has 0 saturated heterocycles. The molecule has 3 aromatic carbocycles. The van der Waals surface area contributed by atoms with Crippen molar-refractivity contribution in [2.24, 2.45) is 0 Å². The number of methoxy groups -OCH3 is 1. The van der Waals surface area contributed by atoms with Crippen LogP contribution in [0.4, 0.5) is 11.4 Å². The number of carbonyl (C=O) groups is 5. The number of nitrogens with one attached hydrogen (secondary N) is 2. The molecule has 0 spiro atoms. The number of imide groups is 1. The molecule has 0 aromatic heterocycles. The number of fused-ring (bicyclic) bond motifs is 1. The van der Waals surface area contributed by atoms with Crippen LogP contribution in [0.1, 0.15) is 31.1 Å². The Morgan fingerprint density at radius 3 is 1.92 bits per heavy atom. The van der Waals surface area contributed by atoms with Gasteiger partial charge in [-0.15, -0.1) is 0 Å². The number of anilines is 2. The van der Waals surface area contributed by atoms with Gasteiger partial charge in [-0.3, -0.25) is 28.9 Å². The Hall–Kier alpha value is -4.99. The van der Waals surface area contributed by atoms with Crippen molar-refractivity contribution in [3.8, 4) is 5.75 Å². The topological polar surface area (TPSA) is 131 Å². The molecule has 10 nitrogen and oxygen atoms in total. The first-order valence-electron chi connectivity index (χ1n) is 10.8. The lowest BCUT2D eigenvalue weighted by molar-refractivity contribution is -0.147. The average molecular weight is 487 g/mol. The van der Waals surface area contributed by atoms with E-state index in [1.54, 1.807) is 43.5 Å². The molecule has 0 unspecified atom stereocenters. The van der Waals surface area contributed by atoms with Gasteiger partial charge in [0.15, 0.2) is 6.61 Å². The summed E-state index contributed by atoms with van der Waals surface area (Å²) < 4.78 is 9.99. The average Bonchev–Trinajstić information content (AvgIpc) is 3.13. The zero-order chi connectivity index (χ0) is 25.7. The number of hydrogen-bond donors (Lipinski definition) is 2. The van der Waals surface area contributed by atoms with E-state index in [1.807, 2.05) is 0 Å². The SMILES string of the molecule is COc1ccc(NC(=O)c2ccc(NC(=O)COC(=O)CN3C(=O)c4ccccc4C3=O)cc2)cc1. The van der Waals surface area contributed by atoms with Crippen molar-refractivity contribution in [3.05, 3.63) is 89.5 Å². The van der Waals surface area contributed by atoms with E-state index in [0.717, 1.165) is 4.90 Å². The predicted octanol–water partition coefficient (Wildman–Crippen LogP) is 2.73. The highest BCUT2D eigenvalue weighted by Gasteiger charge is 2.36. The summed E-state index contributed by atoms with van der Waals surface area (Å²) in [5.74, 6) is -2.37. The quantitative estimate of drug-likeness (QED) is 0.369. The van der Waals surface area contributed by atoms with Crippen molar-refractivity contribution in [1.29, 1.82) is 0 Å². The minimum Gasteiger partial charge on any atom is -0.497 e. The number of amides is 4. The lowest BCUT2D eigenvalue weighted by Gasteiger charge is -2.13. The summed E-state index contributed by atoms with van der Waals surface area (Å²) in [7, 11) is 1.55. The molecule has 0 radical (unpaired) electrons. The van der Waals surface area contributed by atoms with Crippen molar-refractivity contribution >= 4 is 41.0 Å². The Kier molecular flexibility index (Phi) is 7.05. The molecule has 1 heterocycles. The molecule has 4 amide bonds. The highest BCUT2D eigenvalue weighted by molar-refractivity contribution is 6.22. The van der Waals surface area contributed by atoms with Crippen molar-refractivity contribution in [2.45, 2.75) is 0 Å². The summed E-state index contributed by atoms with van der Waals surface area (Å²) in [4.78, 5) is 62.1. The smallest absolute Gasteiger partial charge is 0.326 e. The van der Waals surface area contributed by atoms with Crippen LogP contribution in [0.15, 0.2) is 72.8 Å². The Labute approximate surface area is 205 Å². The van der Waals surface area contributed by atoms with E-state index in [1.165, 1.54) is 36.4 Å². The molecule has 2 N–H and O–H groups in total. The fourth-order valence-corrected chi connectivity index (χ4v) is 3.48. The summed E-state index contributed by atoms with van der Waals surface area (Å²) in [6, 6.07) is 19.2. The van der Waals surface area contributed by atoms with Gasteiger partial charge < -0.3 is 20.1 Å². The van der Waals surface area contributed by atoms with Gasteiger partial charge in [0.05, 0.1) is 18.2 Å². The zero-order valence-corrected chi connectivity index (χ0v) is 19.1. The van der Waals surface area contributed by atoms with Crippen LogP contribution in [-0.2, 0) is 14.3 Å². The monoisotopic (exact) mass is 487 g/mol. The van der Waals surface area contributed by atoms with Crippen LogP contribution in [0.5, 0.6) is 5.75 Å². The van der Waals surface area contributed by atoms with Crippen LogP contribution in [0.25, 0.3) is 0 Å². The fraction of sp³-hybridized carbons (Fsp3) is 0.115. The molecule has 0 aliphatic carbocycles. The van der Waals surface area contributed by atoms with E-state index in [2.05, 4.69) is 10.6 Å². The van der Waals surface area contributed by atoms with Gasteiger partial charge in [0.1, 0.15) is 12.3 Å². The van der Waals surface area contributed by atoms with E-state index in [-0.39, 0.29) is 17.0 Å². The van der Waals surface area contributed by atoms with Crippen LogP contribution in [0, 0.1) is 0 Å². The Balaban J connectivity index is 1.24. The molecule has 1 aliphatic heterocycles. The minimum atomic E-state index is -0.898. The second-order valence-electron chi connectivity index (χ2n) is 7.71. The Morgan fingerprint density at radius 1 is 0.778 bits per heavy atom. The molecule has 0 bridgehead atoms. The van der Waals surface area contributed by atoms with Gasteiger partial charge in [0.25, 0.3) is 23.6 Å². The molecule has 1 aliphatic rings. The largest absolute Gasteiger partial charge is 0.497 e. The Bertz CT molecular complexity index is 1300. The summed E-state index contributed by atoms with van der Waals surface area (Å²) in [5, 5.41) is 5.29. The minimum absolute atomic E-state index is 0.217. The van der Waals surface area contributed by atoms with Gasteiger partial charge in [-0.2, -0.15) is 0 Å². The molecule has 0 atom stereocenters. The summed E-state index contributed by atoms with van der Waals surface area (Å²) in [6.07, 6.45) is 0. The van der Waals surface area contributed by atoms with Gasteiger partial charge in [-0.05, 0) is 60.7 Å². The molecule has 36 heavy (non-hydrogen) atoms. The first kappa shape index (κ1) is 24.1. The maximum absolute atomic E-state index is 12.4. The molecule has 10 heteroatoms. The van der Waals surface area contributed by atoms with Crippen LogP contribution >= 0.6 is 0 Å². The van der Waals surface area contributed by atoms with Gasteiger partial charge in [0.2, 0.25) is 0 Å². The third-order valence-electron chi connectivity index (χ3n) is 5.31. The third-order valence-corrected chi connectivity index (χ3v) is 5.31. The highest BCUT2D eigenvalue weighted by Crippen LogP contribution is 2.22. The summed E-state index contributed by atoms with van der Waals surface area (Å²) in [6.45, 7) is -1.21. The van der Waals surface area contributed by atoms with Crippen LogP contribution < -0.4 is 15.4 Å². The van der Waals surface area contributed by atoms with Crippen molar-refractivity contribution in [1.82, 2.24) is 4.90 Å². The molecule has 0 saturated carbocycles. The molecule has 182 valence electrons. The van der Waals surface area contributed by atoms with E-state index in [0.29, 0.717) is 22.7 Å². The van der Waals surface area contributed by atoms with Crippen molar-refractivity contribution < 1.29 is 33.4 Å². The molecular formula is C26H21N3O7. The van der Waals surface area contributed by atoms with E-state index in [9.17, 15) is 24.0 Å². The number of hydrogen-bond acceptors (Lipinski definition) is 7. The number of esters is 1. The molecule has 4 rings (SSSR count). The zero-order valence-electron chi connectivity index (χ0n) is 19.1. The molecular weight excluding hydrogens is 466 g/mol. The number of ether oxygens (including phenoxy) is 2. The summed E-state index contributed by atoms with van der Waals surface area (Å²) in [5.41, 5.74) is 1.79. The number of rotatable bonds is 8. The molecule has 3 aromatic rings. The fourth-order valence-electron chi connectivity index (χ4n) is 3.48. The maximum Gasteiger partial charge on any atom is 0.326 e. The highest BCUT2D eigenvalue weighted by atomic mass is 16.5. The first-order chi connectivity index (χ1) is 17.4. The lowest BCUT2D eigenvalue weighted by atomic mass is 10.1. The van der Waals surface area contributed by atoms with Crippen molar-refractivity contribution in [2.75, 3.05) is 30.9 Å². The normalized spacial score (nSPS) is 12.1. The van der Waals surface area contributed by atoms with Crippen LogP contribution in [0.3, 0.4) is 0 Å². The standard InChI is InChI=1S/C26H21N3O7/c1-35-19-12-10-18(11-13-19)28-24(32)16-6-8-17(9-7-16)27-22(30)15-36-23(31)14-29-25(33)20-4-2-3-5-21(20)26(29)34/h2-13H,14-15H2,1H3,(H,27,30)(H,28,32).